The monoisotopic (exact) mass is 244 g/mol. The summed E-state index contributed by atoms with van der Waals surface area (Å²) >= 11 is 0. The van der Waals surface area contributed by atoms with Crippen molar-refractivity contribution in [1.82, 2.24) is 0 Å². The molecule has 3 heteroatoms. The smallest absolute Gasteiger partial charge is 0.160 e. The number of hydrogen-bond acceptors (Lipinski definition) is 3. The van der Waals surface area contributed by atoms with Crippen LogP contribution < -0.4 is 9.47 Å². The Balaban J connectivity index is 2.04. The van der Waals surface area contributed by atoms with Gasteiger partial charge in [0.1, 0.15) is 12.4 Å². The molecule has 0 radical (unpaired) electrons. The first-order chi connectivity index (χ1) is 8.69. The summed E-state index contributed by atoms with van der Waals surface area (Å²) in [5.41, 5.74) is 2.06. The summed E-state index contributed by atoms with van der Waals surface area (Å²) in [6, 6.07) is 13.1. The molecule has 0 aliphatic carbocycles. The van der Waals surface area contributed by atoms with Crippen LogP contribution in [0, 0.1) is 6.92 Å². The van der Waals surface area contributed by atoms with Crippen LogP contribution in [-0.2, 0) is 6.61 Å². The minimum atomic E-state index is 0.128. The zero-order valence-electron chi connectivity index (χ0n) is 10.5. The Morgan fingerprint density at radius 1 is 1.11 bits per heavy atom. The standard InChI is InChI=1S/C15H16O3/c1-11-4-3-5-13(8-11)18-10-12-6-7-15(17-2)14(16)9-12/h3-9,16H,10H2,1-2H3. The van der Waals surface area contributed by atoms with Crippen molar-refractivity contribution in [1.29, 1.82) is 0 Å². The van der Waals surface area contributed by atoms with Gasteiger partial charge in [0.2, 0.25) is 0 Å². The van der Waals surface area contributed by atoms with E-state index in [1.807, 2.05) is 37.3 Å². The summed E-state index contributed by atoms with van der Waals surface area (Å²) < 4.78 is 10.6. The quantitative estimate of drug-likeness (QED) is 0.897. The molecule has 0 aliphatic rings. The van der Waals surface area contributed by atoms with Gasteiger partial charge < -0.3 is 14.6 Å². The summed E-state index contributed by atoms with van der Waals surface area (Å²) in [6.45, 7) is 2.44. The fourth-order valence-electron chi connectivity index (χ4n) is 1.70. The molecular weight excluding hydrogens is 228 g/mol. The Morgan fingerprint density at radius 3 is 2.61 bits per heavy atom. The third-order valence-corrected chi connectivity index (χ3v) is 2.64. The molecule has 94 valence electrons. The largest absolute Gasteiger partial charge is 0.504 e. The third-order valence-electron chi connectivity index (χ3n) is 2.64. The van der Waals surface area contributed by atoms with E-state index in [1.54, 1.807) is 12.1 Å². The van der Waals surface area contributed by atoms with Crippen molar-refractivity contribution in [2.24, 2.45) is 0 Å². The molecule has 0 amide bonds. The predicted octanol–water partition coefficient (Wildman–Crippen LogP) is 3.29. The summed E-state index contributed by atoms with van der Waals surface area (Å²) in [5, 5.41) is 9.65. The summed E-state index contributed by atoms with van der Waals surface area (Å²) in [6.07, 6.45) is 0. The van der Waals surface area contributed by atoms with Crippen molar-refractivity contribution in [2.75, 3.05) is 7.11 Å². The van der Waals surface area contributed by atoms with E-state index < -0.39 is 0 Å². The van der Waals surface area contributed by atoms with Crippen LogP contribution in [0.4, 0.5) is 0 Å². The van der Waals surface area contributed by atoms with Gasteiger partial charge in [-0.25, -0.2) is 0 Å². The maximum absolute atomic E-state index is 9.65. The van der Waals surface area contributed by atoms with Gasteiger partial charge in [-0.1, -0.05) is 18.2 Å². The molecule has 2 aromatic carbocycles. The SMILES string of the molecule is COc1ccc(COc2cccc(C)c2)cc1O. The molecule has 3 nitrogen and oxygen atoms in total. The molecule has 0 aromatic heterocycles. The predicted molar refractivity (Wildman–Crippen MR) is 70.2 cm³/mol. The zero-order valence-corrected chi connectivity index (χ0v) is 10.5. The van der Waals surface area contributed by atoms with Gasteiger partial charge in [-0.2, -0.15) is 0 Å². The molecule has 0 saturated heterocycles. The van der Waals surface area contributed by atoms with E-state index in [0.717, 1.165) is 16.9 Å². The van der Waals surface area contributed by atoms with Crippen molar-refractivity contribution < 1.29 is 14.6 Å². The van der Waals surface area contributed by atoms with Gasteiger partial charge in [-0.05, 0) is 42.3 Å². The van der Waals surface area contributed by atoms with E-state index in [2.05, 4.69) is 0 Å². The van der Waals surface area contributed by atoms with Gasteiger partial charge in [0.15, 0.2) is 11.5 Å². The Kier molecular flexibility index (Phi) is 3.72. The second-order valence-electron chi connectivity index (χ2n) is 4.11. The Bertz CT molecular complexity index is 535. The van der Waals surface area contributed by atoms with E-state index >= 15 is 0 Å². The van der Waals surface area contributed by atoms with Crippen LogP contribution in [0.25, 0.3) is 0 Å². The lowest BCUT2D eigenvalue weighted by molar-refractivity contribution is 0.304. The Hall–Kier alpha value is -2.16. The molecule has 0 atom stereocenters. The maximum atomic E-state index is 9.65. The zero-order chi connectivity index (χ0) is 13.0. The number of rotatable bonds is 4. The molecular formula is C15H16O3. The van der Waals surface area contributed by atoms with Crippen molar-refractivity contribution >= 4 is 0 Å². The molecule has 0 aliphatic heterocycles. The van der Waals surface area contributed by atoms with Gasteiger partial charge in [0.25, 0.3) is 0 Å². The minimum absolute atomic E-state index is 0.128. The molecule has 0 saturated carbocycles. The normalized spacial score (nSPS) is 10.1. The molecule has 2 rings (SSSR count). The fraction of sp³-hybridized carbons (Fsp3) is 0.200. The number of aromatic hydroxyl groups is 1. The van der Waals surface area contributed by atoms with Crippen LogP contribution in [0.2, 0.25) is 0 Å². The van der Waals surface area contributed by atoms with Crippen LogP contribution in [-0.4, -0.2) is 12.2 Å². The van der Waals surface area contributed by atoms with Crippen LogP contribution in [0.3, 0.4) is 0 Å². The first kappa shape index (κ1) is 12.3. The second kappa shape index (κ2) is 5.45. The van der Waals surface area contributed by atoms with E-state index in [9.17, 15) is 5.11 Å². The molecule has 2 aromatic rings. The number of hydrogen-bond donors (Lipinski definition) is 1. The first-order valence-electron chi connectivity index (χ1n) is 5.74. The van der Waals surface area contributed by atoms with Gasteiger partial charge in [-0.3, -0.25) is 0 Å². The highest BCUT2D eigenvalue weighted by Crippen LogP contribution is 2.26. The number of phenolic OH excluding ortho intramolecular Hbond substituents is 1. The maximum Gasteiger partial charge on any atom is 0.160 e. The first-order valence-corrected chi connectivity index (χ1v) is 5.74. The number of aryl methyl sites for hydroxylation is 1. The summed E-state index contributed by atoms with van der Waals surface area (Å²) in [5.74, 6) is 1.42. The van der Waals surface area contributed by atoms with Crippen molar-refractivity contribution in [3.63, 3.8) is 0 Å². The molecule has 1 N–H and O–H groups in total. The third kappa shape index (κ3) is 2.94. The van der Waals surface area contributed by atoms with E-state index in [-0.39, 0.29) is 5.75 Å². The molecule has 0 fully saturated rings. The van der Waals surface area contributed by atoms with Crippen LogP contribution in [0.5, 0.6) is 17.2 Å². The minimum Gasteiger partial charge on any atom is -0.504 e. The molecule has 0 spiro atoms. The average Bonchev–Trinajstić information content (AvgIpc) is 2.37. The number of phenols is 1. The van der Waals surface area contributed by atoms with Crippen molar-refractivity contribution in [2.45, 2.75) is 13.5 Å². The van der Waals surface area contributed by atoms with E-state index in [4.69, 9.17) is 9.47 Å². The molecule has 0 bridgehead atoms. The lowest BCUT2D eigenvalue weighted by Crippen LogP contribution is -1.96. The Morgan fingerprint density at radius 2 is 1.94 bits per heavy atom. The van der Waals surface area contributed by atoms with Crippen LogP contribution >= 0.6 is 0 Å². The van der Waals surface area contributed by atoms with Crippen molar-refractivity contribution in [3.8, 4) is 17.2 Å². The highest BCUT2D eigenvalue weighted by Gasteiger charge is 2.03. The average molecular weight is 244 g/mol. The molecule has 0 unspecified atom stereocenters. The van der Waals surface area contributed by atoms with Gasteiger partial charge in [0, 0.05) is 0 Å². The highest BCUT2D eigenvalue weighted by atomic mass is 16.5. The van der Waals surface area contributed by atoms with Gasteiger partial charge >= 0.3 is 0 Å². The van der Waals surface area contributed by atoms with E-state index in [1.165, 1.54) is 7.11 Å². The topological polar surface area (TPSA) is 38.7 Å². The molecule has 18 heavy (non-hydrogen) atoms. The number of ether oxygens (including phenoxy) is 2. The number of methoxy groups -OCH3 is 1. The lowest BCUT2D eigenvalue weighted by Gasteiger charge is -2.09. The lowest BCUT2D eigenvalue weighted by atomic mass is 10.2. The van der Waals surface area contributed by atoms with Crippen LogP contribution in [0.15, 0.2) is 42.5 Å². The van der Waals surface area contributed by atoms with E-state index in [0.29, 0.717) is 12.4 Å². The summed E-state index contributed by atoms with van der Waals surface area (Å²) in [7, 11) is 1.53. The molecule has 0 heterocycles. The second-order valence-corrected chi connectivity index (χ2v) is 4.11. The van der Waals surface area contributed by atoms with Gasteiger partial charge in [0.05, 0.1) is 7.11 Å². The Labute approximate surface area is 107 Å². The fourth-order valence-corrected chi connectivity index (χ4v) is 1.70. The van der Waals surface area contributed by atoms with Crippen LogP contribution in [0.1, 0.15) is 11.1 Å². The van der Waals surface area contributed by atoms with Gasteiger partial charge in [-0.15, -0.1) is 0 Å². The number of benzene rings is 2. The summed E-state index contributed by atoms with van der Waals surface area (Å²) in [4.78, 5) is 0. The van der Waals surface area contributed by atoms with Crippen molar-refractivity contribution in [3.05, 3.63) is 53.6 Å². The highest BCUT2D eigenvalue weighted by molar-refractivity contribution is 5.41.